The highest BCUT2D eigenvalue weighted by molar-refractivity contribution is 5.76. The Kier molecular flexibility index (Phi) is 5.55. The maximum absolute atomic E-state index is 12.8. The Morgan fingerprint density at radius 2 is 2.00 bits per heavy atom. The Bertz CT molecular complexity index is 759. The molecule has 4 rings (SSSR count). The van der Waals surface area contributed by atoms with Crippen molar-refractivity contribution in [2.24, 2.45) is 5.92 Å². The summed E-state index contributed by atoms with van der Waals surface area (Å²) in [6.45, 7) is 1.05. The molecule has 1 aromatic carbocycles. The normalized spacial score (nSPS) is 25.0. The number of aromatic nitrogens is 2. The monoisotopic (exact) mass is 367 g/mol. The number of benzene rings is 1. The summed E-state index contributed by atoms with van der Waals surface area (Å²) in [6.07, 6.45) is 10.1. The van der Waals surface area contributed by atoms with Crippen molar-refractivity contribution in [3.05, 3.63) is 42.7 Å². The molecule has 1 aliphatic heterocycles. The molecule has 2 heterocycles. The van der Waals surface area contributed by atoms with Crippen LogP contribution < -0.4 is 10.9 Å². The lowest BCUT2D eigenvalue weighted by Crippen LogP contribution is -2.44. The topological polar surface area (TPSA) is 62.2 Å². The van der Waals surface area contributed by atoms with Crippen molar-refractivity contribution < 1.29 is 4.79 Å². The van der Waals surface area contributed by atoms with Gasteiger partial charge in [-0.3, -0.25) is 15.6 Å². The van der Waals surface area contributed by atoms with Gasteiger partial charge in [-0.05, 0) is 18.8 Å². The van der Waals surface area contributed by atoms with Crippen molar-refractivity contribution in [3.8, 4) is 11.4 Å². The van der Waals surface area contributed by atoms with Gasteiger partial charge in [-0.25, -0.2) is 4.98 Å². The summed E-state index contributed by atoms with van der Waals surface area (Å²) < 4.78 is 1.93. The van der Waals surface area contributed by atoms with Crippen LogP contribution in [0.2, 0.25) is 0 Å². The molecule has 1 amide bonds. The number of nitrogens with one attached hydrogen (secondary N) is 2. The molecule has 0 spiro atoms. The second-order valence-corrected chi connectivity index (χ2v) is 7.82. The van der Waals surface area contributed by atoms with Crippen molar-refractivity contribution in [1.82, 2.24) is 25.3 Å². The molecular formula is C21H29N5O. The minimum absolute atomic E-state index is 0.115. The van der Waals surface area contributed by atoms with E-state index in [0.717, 1.165) is 17.9 Å². The smallest absolute Gasteiger partial charge is 0.242 e. The number of nitrogens with zero attached hydrogens (tertiary/aromatic N) is 3. The van der Waals surface area contributed by atoms with Crippen LogP contribution in [0.3, 0.4) is 0 Å². The second kappa shape index (κ2) is 8.23. The number of amides is 1. The minimum atomic E-state index is 0.115. The van der Waals surface area contributed by atoms with E-state index in [0.29, 0.717) is 24.5 Å². The highest BCUT2D eigenvalue weighted by atomic mass is 16.2. The van der Waals surface area contributed by atoms with Crippen LogP contribution in [0.1, 0.15) is 32.1 Å². The fourth-order valence-electron chi connectivity index (χ4n) is 4.45. The van der Waals surface area contributed by atoms with E-state index in [1.807, 2.05) is 53.0 Å². The molecule has 2 fully saturated rings. The lowest BCUT2D eigenvalue weighted by atomic mass is 9.90. The van der Waals surface area contributed by atoms with E-state index in [-0.39, 0.29) is 5.91 Å². The molecule has 6 nitrogen and oxygen atoms in total. The van der Waals surface area contributed by atoms with Crippen LogP contribution in [-0.4, -0.2) is 46.0 Å². The molecule has 3 unspecified atom stereocenters. The number of carbonyl (C=O) groups excluding carboxylic acids is 1. The number of carbonyl (C=O) groups is 1. The van der Waals surface area contributed by atoms with Gasteiger partial charge in [0.05, 0.1) is 0 Å². The van der Waals surface area contributed by atoms with Crippen molar-refractivity contribution in [2.45, 2.75) is 50.7 Å². The van der Waals surface area contributed by atoms with Crippen molar-refractivity contribution >= 4 is 5.91 Å². The fourth-order valence-corrected chi connectivity index (χ4v) is 4.45. The molecule has 1 saturated heterocycles. The van der Waals surface area contributed by atoms with E-state index >= 15 is 0 Å². The van der Waals surface area contributed by atoms with Gasteiger partial charge < -0.3 is 9.47 Å². The summed E-state index contributed by atoms with van der Waals surface area (Å²) in [5, 5.41) is 0. The maximum atomic E-state index is 12.8. The van der Waals surface area contributed by atoms with E-state index in [1.54, 1.807) is 6.20 Å². The van der Waals surface area contributed by atoms with E-state index in [2.05, 4.69) is 15.8 Å². The third kappa shape index (κ3) is 4.06. The van der Waals surface area contributed by atoms with Crippen LogP contribution in [0.4, 0.5) is 0 Å². The van der Waals surface area contributed by atoms with Gasteiger partial charge in [0.25, 0.3) is 0 Å². The van der Waals surface area contributed by atoms with Crippen LogP contribution in [-0.2, 0) is 11.3 Å². The Balaban J connectivity index is 1.38. The first-order valence-corrected chi connectivity index (χ1v) is 10.0. The van der Waals surface area contributed by atoms with Gasteiger partial charge in [0, 0.05) is 43.6 Å². The summed E-state index contributed by atoms with van der Waals surface area (Å²) in [5.74, 6) is 1.57. The first-order valence-electron chi connectivity index (χ1n) is 10.0. The number of hydrogen-bond acceptors (Lipinski definition) is 4. The van der Waals surface area contributed by atoms with Gasteiger partial charge in [-0.15, -0.1) is 0 Å². The zero-order chi connectivity index (χ0) is 18.6. The SMILES string of the molecule is CN(CC1NNC2CCCCCC21)C(=O)Cn1ccnc1-c1ccccc1. The molecule has 1 aliphatic carbocycles. The highest BCUT2D eigenvalue weighted by Gasteiger charge is 2.37. The van der Waals surface area contributed by atoms with Crippen LogP contribution >= 0.6 is 0 Å². The number of hydrogen-bond donors (Lipinski definition) is 2. The Morgan fingerprint density at radius 3 is 2.85 bits per heavy atom. The number of imidazole rings is 1. The lowest BCUT2D eigenvalue weighted by Gasteiger charge is -2.26. The van der Waals surface area contributed by atoms with E-state index < -0.39 is 0 Å². The number of fused-ring (bicyclic) bond motifs is 1. The van der Waals surface area contributed by atoms with Gasteiger partial charge in [0.2, 0.25) is 5.91 Å². The number of likely N-dealkylation sites (N-methyl/N-ethyl adjacent to an activating group) is 1. The van der Waals surface area contributed by atoms with Crippen LogP contribution in [0.15, 0.2) is 42.7 Å². The Labute approximate surface area is 160 Å². The molecule has 2 aromatic rings. The van der Waals surface area contributed by atoms with E-state index in [9.17, 15) is 4.79 Å². The number of rotatable bonds is 5. The fraction of sp³-hybridized carbons (Fsp3) is 0.524. The average molecular weight is 367 g/mol. The highest BCUT2D eigenvalue weighted by Crippen LogP contribution is 2.29. The van der Waals surface area contributed by atoms with Crippen molar-refractivity contribution in [2.75, 3.05) is 13.6 Å². The van der Waals surface area contributed by atoms with Gasteiger partial charge >= 0.3 is 0 Å². The molecule has 144 valence electrons. The van der Waals surface area contributed by atoms with Crippen molar-refractivity contribution in [1.29, 1.82) is 0 Å². The summed E-state index contributed by atoms with van der Waals surface area (Å²) >= 11 is 0. The summed E-state index contributed by atoms with van der Waals surface area (Å²) in [4.78, 5) is 19.1. The zero-order valence-corrected chi connectivity index (χ0v) is 16.0. The predicted molar refractivity (Wildman–Crippen MR) is 106 cm³/mol. The summed E-state index contributed by atoms with van der Waals surface area (Å²) in [5.41, 5.74) is 7.94. The Morgan fingerprint density at radius 1 is 1.19 bits per heavy atom. The van der Waals surface area contributed by atoms with Crippen molar-refractivity contribution in [3.63, 3.8) is 0 Å². The van der Waals surface area contributed by atoms with Gasteiger partial charge in [-0.2, -0.15) is 0 Å². The van der Waals surface area contributed by atoms with E-state index in [1.165, 1.54) is 32.1 Å². The van der Waals surface area contributed by atoms with Gasteiger partial charge in [-0.1, -0.05) is 49.6 Å². The van der Waals surface area contributed by atoms with E-state index in [4.69, 9.17) is 0 Å². The maximum Gasteiger partial charge on any atom is 0.242 e. The molecule has 2 aliphatic rings. The zero-order valence-electron chi connectivity index (χ0n) is 16.0. The largest absolute Gasteiger partial charge is 0.343 e. The lowest BCUT2D eigenvalue weighted by molar-refractivity contribution is -0.130. The first-order chi connectivity index (χ1) is 13.2. The summed E-state index contributed by atoms with van der Waals surface area (Å²) in [6, 6.07) is 10.9. The molecule has 3 atom stereocenters. The van der Waals surface area contributed by atoms with Crippen LogP contribution in [0.5, 0.6) is 0 Å². The van der Waals surface area contributed by atoms with Crippen LogP contribution in [0.25, 0.3) is 11.4 Å². The molecular weight excluding hydrogens is 338 g/mol. The molecule has 0 radical (unpaired) electrons. The third-order valence-electron chi connectivity index (χ3n) is 5.99. The molecule has 27 heavy (non-hydrogen) atoms. The molecule has 1 aromatic heterocycles. The van der Waals surface area contributed by atoms with Crippen LogP contribution in [0, 0.1) is 5.92 Å². The third-order valence-corrected chi connectivity index (χ3v) is 5.99. The first kappa shape index (κ1) is 18.2. The molecule has 0 bridgehead atoms. The predicted octanol–water partition coefficient (Wildman–Crippen LogP) is 2.43. The molecule has 6 heteroatoms. The molecule has 2 N–H and O–H groups in total. The minimum Gasteiger partial charge on any atom is -0.343 e. The second-order valence-electron chi connectivity index (χ2n) is 7.82. The standard InChI is InChI=1S/C21H29N5O/c1-25(14-19-17-10-6-3-7-11-18(17)23-24-19)20(27)15-26-13-12-22-21(26)16-8-4-2-5-9-16/h2,4-5,8-9,12-13,17-19,23-24H,3,6-7,10-11,14-15H2,1H3. The summed E-state index contributed by atoms with van der Waals surface area (Å²) in [7, 11) is 1.91. The average Bonchev–Trinajstić information content (AvgIpc) is 3.22. The van der Waals surface area contributed by atoms with Gasteiger partial charge in [0.1, 0.15) is 12.4 Å². The number of hydrazine groups is 1. The Hall–Kier alpha value is -2.18. The van der Waals surface area contributed by atoms with Gasteiger partial charge in [0.15, 0.2) is 0 Å². The molecule has 1 saturated carbocycles. The quantitative estimate of drug-likeness (QED) is 0.852.